The molecular weight excluding hydrogens is 276 g/mol. The van der Waals surface area contributed by atoms with Gasteiger partial charge in [0.2, 0.25) is 0 Å². The Morgan fingerprint density at radius 3 is 2.82 bits per heavy atom. The van der Waals surface area contributed by atoms with Gasteiger partial charge >= 0.3 is 5.97 Å². The fourth-order valence-corrected chi connectivity index (χ4v) is 6.00. The Morgan fingerprint density at radius 1 is 1.32 bits per heavy atom. The van der Waals surface area contributed by atoms with E-state index in [2.05, 4.69) is 20.1 Å². The van der Waals surface area contributed by atoms with Crippen LogP contribution >= 0.6 is 0 Å². The Kier molecular flexibility index (Phi) is 2.67. The molecule has 0 unspecified atom stereocenters. The van der Waals surface area contributed by atoms with Crippen LogP contribution in [0.5, 0.6) is 0 Å². The number of esters is 1. The number of allylic oxidation sites excluding steroid dienone is 1. The molecule has 1 aliphatic heterocycles. The summed E-state index contributed by atoms with van der Waals surface area (Å²) in [5.74, 6) is 0.303. The van der Waals surface area contributed by atoms with E-state index in [1.54, 1.807) is 6.08 Å². The van der Waals surface area contributed by atoms with Crippen molar-refractivity contribution in [2.24, 2.45) is 22.7 Å². The maximum absolute atomic E-state index is 13.0. The number of carbonyl (C=O) groups is 2. The summed E-state index contributed by atoms with van der Waals surface area (Å²) in [6, 6.07) is 0. The first kappa shape index (κ1) is 14.2. The van der Waals surface area contributed by atoms with Gasteiger partial charge in [0.15, 0.2) is 11.4 Å². The first-order valence-corrected chi connectivity index (χ1v) is 8.46. The molecule has 0 N–H and O–H groups in total. The second-order valence-electron chi connectivity index (χ2n) is 8.10. The molecule has 3 nitrogen and oxygen atoms in total. The van der Waals surface area contributed by atoms with Gasteiger partial charge in [-0.15, -0.1) is 6.58 Å². The van der Waals surface area contributed by atoms with Gasteiger partial charge in [0.25, 0.3) is 0 Å². The molecule has 0 aromatic carbocycles. The van der Waals surface area contributed by atoms with E-state index in [0.717, 1.165) is 32.1 Å². The Morgan fingerprint density at radius 2 is 2.09 bits per heavy atom. The molecule has 3 heteroatoms. The van der Waals surface area contributed by atoms with Crippen LogP contribution in [0, 0.1) is 22.7 Å². The van der Waals surface area contributed by atoms with Gasteiger partial charge in [0.1, 0.15) is 0 Å². The van der Waals surface area contributed by atoms with Crippen LogP contribution in [0.4, 0.5) is 0 Å². The van der Waals surface area contributed by atoms with E-state index in [9.17, 15) is 9.59 Å². The predicted octanol–water partition coefficient (Wildman–Crippen LogP) is 3.59. The van der Waals surface area contributed by atoms with Crippen LogP contribution in [0.15, 0.2) is 24.8 Å². The molecule has 0 aromatic heterocycles. The second-order valence-corrected chi connectivity index (χ2v) is 8.10. The fourth-order valence-electron chi connectivity index (χ4n) is 6.00. The molecule has 1 heterocycles. The average molecular weight is 300 g/mol. The number of ketones is 1. The molecule has 3 aliphatic carbocycles. The SMILES string of the molecule is C=C[C@@]12CC[C@@H]3[C@@]4(C)CCCC(=C)[C@@H]4CC(=O)[C@]3(C1)OC2=O. The van der Waals surface area contributed by atoms with Gasteiger partial charge in [-0.05, 0) is 43.4 Å². The lowest BCUT2D eigenvalue weighted by Crippen LogP contribution is -2.61. The predicted molar refractivity (Wildman–Crippen MR) is 83.0 cm³/mol. The molecule has 4 fully saturated rings. The van der Waals surface area contributed by atoms with E-state index >= 15 is 0 Å². The first-order valence-electron chi connectivity index (χ1n) is 8.46. The van der Waals surface area contributed by atoms with Crippen molar-refractivity contribution in [3.8, 4) is 0 Å². The highest BCUT2D eigenvalue weighted by Crippen LogP contribution is 2.66. The molecule has 1 spiro atoms. The van der Waals surface area contributed by atoms with Crippen LogP contribution in [0.3, 0.4) is 0 Å². The first-order chi connectivity index (χ1) is 10.4. The fraction of sp³-hybridized carbons (Fsp3) is 0.684. The molecule has 4 aliphatic rings. The third-order valence-electron chi connectivity index (χ3n) is 7.25. The highest BCUT2D eigenvalue weighted by atomic mass is 16.6. The number of fused-ring (bicyclic) bond motifs is 3. The van der Waals surface area contributed by atoms with Crippen molar-refractivity contribution < 1.29 is 14.3 Å². The standard InChI is InChI=1S/C19H24O3/c1-4-18-9-7-14-17(3)8-5-6-12(2)13(17)10-15(20)19(14,11-18)22-16(18)21/h4,13-14H,1-2,5-11H2,3H3/t13-,14+,17-,18+,19+/m0/s1. The van der Waals surface area contributed by atoms with E-state index in [-0.39, 0.29) is 29.0 Å². The number of ether oxygens (including phenoxy) is 1. The van der Waals surface area contributed by atoms with E-state index in [0.29, 0.717) is 12.8 Å². The number of hydrogen-bond acceptors (Lipinski definition) is 3. The molecule has 2 bridgehead atoms. The maximum atomic E-state index is 13.0. The summed E-state index contributed by atoms with van der Waals surface area (Å²) < 4.78 is 5.84. The largest absolute Gasteiger partial charge is 0.450 e. The van der Waals surface area contributed by atoms with Crippen LogP contribution in [0.2, 0.25) is 0 Å². The summed E-state index contributed by atoms with van der Waals surface area (Å²) in [6.07, 6.45) is 7.65. The van der Waals surface area contributed by atoms with Gasteiger partial charge in [-0.2, -0.15) is 0 Å². The molecule has 5 atom stereocenters. The normalized spacial score (nSPS) is 50.1. The summed E-state index contributed by atoms with van der Waals surface area (Å²) in [6.45, 7) is 10.4. The van der Waals surface area contributed by atoms with Crippen molar-refractivity contribution in [3.05, 3.63) is 24.8 Å². The van der Waals surface area contributed by atoms with Crippen molar-refractivity contribution in [1.82, 2.24) is 0 Å². The molecular formula is C19H24O3. The Balaban J connectivity index is 1.82. The number of rotatable bonds is 1. The maximum Gasteiger partial charge on any atom is 0.317 e. The average Bonchev–Trinajstić information content (AvgIpc) is 2.70. The van der Waals surface area contributed by atoms with E-state index in [1.807, 2.05) is 0 Å². The second kappa shape index (κ2) is 4.12. The third kappa shape index (κ3) is 1.43. The molecule has 4 rings (SSSR count). The summed E-state index contributed by atoms with van der Waals surface area (Å²) in [5, 5.41) is 0. The van der Waals surface area contributed by atoms with Crippen molar-refractivity contribution in [1.29, 1.82) is 0 Å². The van der Waals surface area contributed by atoms with Crippen LogP contribution in [0.1, 0.15) is 51.9 Å². The lowest BCUT2D eigenvalue weighted by molar-refractivity contribution is -0.181. The van der Waals surface area contributed by atoms with Crippen LogP contribution < -0.4 is 0 Å². The van der Waals surface area contributed by atoms with Crippen LogP contribution in [-0.4, -0.2) is 17.4 Å². The molecule has 0 amide bonds. The number of Topliss-reactive ketones (excluding diaryl/α,β-unsaturated/α-hetero) is 1. The summed E-state index contributed by atoms with van der Waals surface area (Å²) in [4.78, 5) is 25.5. The van der Waals surface area contributed by atoms with E-state index in [4.69, 9.17) is 4.74 Å². The smallest absolute Gasteiger partial charge is 0.317 e. The zero-order valence-corrected chi connectivity index (χ0v) is 13.3. The van der Waals surface area contributed by atoms with Gasteiger partial charge in [0.05, 0.1) is 5.41 Å². The van der Waals surface area contributed by atoms with Crippen LogP contribution in [-0.2, 0) is 14.3 Å². The molecule has 22 heavy (non-hydrogen) atoms. The Hall–Kier alpha value is -1.38. The summed E-state index contributed by atoms with van der Waals surface area (Å²) >= 11 is 0. The van der Waals surface area contributed by atoms with Crippen LogP contribution in [0.25, 0.3) is 0 Å². The Labute approximate surface area is 131 Å². The molecule has 3 saturated carbocycles. The minimum absolute atomic E-state index is 0.0429. The number of carbonyl (C=O) groups excluding carboxylic acids is 2. The zero-order valence-electron chi connectivity index (χ0n) is 13.3. The van der Waals surface area contributed by atoms with E-state index in [1.165, 1.54) is 5.57 Å². The zero-order chi connectivity index (χ0) is 15.8. The highest BCUT2D eigenvalue weighted by molar-refractivity contribution is 5.97. The van der Waals surface area contributed by atoms with Crippen molar-refractivity contribution in [3.63, 3.8) is 0 Å². The van der Waals surface area contributed by atoms with Gasteiger partial charge < -0.3 is 4.74 Å². The van der Waals surface area contributed by atoms with Crippen molar-refractivity contribution in [2.75, 3.05) is 0 Å². The minimum atomic E-state index is -0.883. The molecule has 118 valence electrons. The van der Waals surface area contributed by atoms with Gasteiger partial charge in [0, 0.05) is 18.8 Å². The topological polar surface area (TPSA) is 43.4 Å². The lowest BCUT2D eigenvalue weighted by Gasteiger charge is -2.58. The number of hydrogen-bond donors (Lipinski definition) is 0. The van der Waals surface area contributed by atoms with Gasteiger partial charge in [-0.1, -0.05) is 25.2 Å². The monoisotopic (exact) mass is 300 g/mol. The highest BCUT2D eigenvalue weighted by Gasteiger charge is 2.71. The molecule has 0 aromatic rings. The third-order valence-corrected chi connectivity index (χ3v) is 7.25. The van der Waals surface area contributed by atoms with Crippen molar-refractivity contribution >= 4 is 11.8 Å². The minimum Gasteiger partial charge on any atom is -0.450 e. The van der Waals surface area contributed by atoms with Gasteiger partial charge in [-0.3, -0.25) is 9.59 Å². The van der Waals surface area contributed by atoms with Gasteiger partial charge in [-0.25, -0.2) is 0 Å². The Bertz CT molecular complexity index is 606. The summed E-state index contributed by atoms with van der Waals surface area (Å²) in [7, 11) is 0. The summed E-state index contributed by atoms with van der Waals surface area (Å²) in [5.41, 5.74) is -0.240. The van der Waals surface area contributed by atoms with E-state index < -0.39 is 11.0 Å². The quantitative estimate of drug-likeness (QED) is 0.549. The molecule has 0 radical (unpaired) electrons. The molecule has 1 saturated heterocycles. The lowest BCUT2D eigenvalue weighted by atomic mass is 9.45. The van der Waals surface area contributed by atoms with Crippen molar-refractivity contribution in [2.45, 2.75) is 57.5 Å².